The molecule has 8 nitrogen and oxygen atoms in total. The number of halogens is 1. The van der Waals surface area contributed by atoms with Gasteiger partial charge in [-0.15, -0.1) is 0 Å². The van der Waals surface area contributed by atoms with E-state index in [4.69, 9.17) is 22.3 Å². The largest absolute Gasteiger partial charge is 0.506 e. The highest BCUT2D eigenvalue weighted by atomic mass is 35.5. The number of hydrogen-bond donors (Lipinski definition) is 2. The molecule has 1 aromatic carbocycles. The molecule has 0 bridgehead atoms. The van der Waals surface area contributed by atoms with Gasteiger partial charge in [-0.2, -0.15) is 5.10 Å². The SMILES string of the molecule is C=NN1C=C(C)C(N2CC[C@H](N)C2)=N/C1=C/C1CCCCN1C(=O)c1ccc(Cl)c(O)c1. The Hall–Kier alpha value is -2.84. The summed E-state index contributed by atoms with van der Waals surface area (Å²) in [6.45, 7) is 7.95. The molecule has 0 radical (unpaired) electrons. The minimum absolute atomic E-state index is 0.0996. The number of aromatic hydroxyl groups is 1. The summed E-state index contributed by atoms with van der Waals surface area (Å²) in [5.41, 5.74) is 7.51. The average molecular weight is 457 g/mol. The van der Waals surface area contributed by atoms with Crippen LogP contribution in [0, 0.1) is 0 Å². The summed E-state index contributed by atoms with van der Waals surface area (Å²) in [7, 11) is 0. The maximum Gasteiger partial charge on any atom is 0.254 e. The number of benzene rings is 1. The van der Waals surface area contributed by atoms with Gasteiger partial charge in [0.15, 0.2) is 5.82 Å². The molecule has 4 rings (SSSR count). The number of aliphatic imine (C=N–C) groups is 1. The normalized spacial score (nSPS) is 25.1. The van der Waals surface area contributed by atoms with E-state index in [0.717, 1.165) is 50.2 Å². The molecular formula is C23H29ClN6O2. The van der Waals surface area contributed by atoms with Gasteiger partial charge in [0.2, 0.25) is 0 Å². The van der Waals surface area contributed by atoms with Crippen molar-refractivity contribution in [1.82, 2.24) is 14.8 Å². The molecule has 9 heteroatoms. The number of nitrogens with two attached hydrogens (primary N) is 1. The first kappa shape index (κ1) is 22.4. The van der Waals surface area contributed by atoms with Crippen LogP contribution in [0.5, 0.6) is 5.75 Å². The fraction of sp³-hybridized carbons (Fsp3) is 0.435. The molecule has 0 aromatic heterocycles. The van der Waals surface area contributed by atoms with E-state index in [9.17, 15) is 9.90 Å². The molecule has 2 atom stereocenters. The summed E-state index contributed by atoms with van der Waals surface area (Å²) in [6, 6.07) is 4.60. The number of phenolic OH excluding ortho intramolecular Hbond substituents is 1. The topological polar surface area (TPSA) is 97.8 Å². The Morgan fingerprint density at radius 1 is 1.34 bits per heavy atom. The first-order valence-corrected chi connectivity index (χ1v) is 11.3. The van der Waals surface area contributed by atoms with Crippen molar-refractivity contribution in [2.75, 3.05) is 19.6 Å². The predicted molar refractivity (Wildman–Crippen MR) is 127 cm³/mol. The van der Waals surface area contributed by atoms with Crippen molar-refractivity contribution in [3.05, 3.63) is 52.5 Å². The number of hydrazone groups is 1. The zero-order valence-electron chi connectivity index (χ0n) is 18.2. The molecule has 3 heterocycles. The number of carbonyl (C=O) groups excluding carboxylic acids is 1. The lowest BCUT2D eigenvalue weighted by atomic mass is 10.00. The third-order valence-electron chi connectivity index (χ3n) is 6.15. The van der Waals surface area contributed by atoms with Crippen molar-refractivity contribution >= 4 is 30.1 Å². The summed E-state index contributed by atoms with van der Waals surface area (Å²) in [6.07, 6.45) is 7.60. The van der Waals surface area contributed by atoms with E-state index < -0.39 is 0 Å². The Bertz CT molecular complexity index is 1000. The number of hydrogen-bond acceptors (Lipinski definition) is 7. The van der Waals surface area contributed by atoms with Crippen LogP contribution in [0.15, 0.2) is 52.0 Å². The maximum absolute atomic E-state index is 13.3. The summed E-state index contributed by atoms with van der Waals surface area (Å²) >= 11 is 5.91. The second-order valence-electron chi connectivity index (χ2n) is 8.48. The van der Waals surface area contributed by atoms with Gasteiger partial charge in [-0.1, -0.05) is 11.6 Å². The molecule has 1 unspecified atom stereocenters. The van der Waals surface area contributed by atoms with Gasteiger partial charge in [0, 0.05) is 49.7 Å². The second kappa shape index (κ2) is 9.34. The van der Waals surface area contributed by atoms with Gasteiger partial charge in [0.05, 0.1) is 11.1 Å². The summed E-state index contributed by atoms with van der Waals surface area (Å²) in [4.78, 5) is 22.2. The van der Waals surface area contributed by atoms with E-state index in [1.807, 2.05) is 24.1 Å². The first-order chi connectivity index (χ1) is 15.4. The van der Waals surface area contributed by atoms with Crippen LogP contribution in [0.1, 0.15) is 43.0 Å². The summed E-state index contributed by atoms with van der Waals surface area (Å²) in [5.74, 6) is 1.29. The van der Waals surface area contributed by atoms with Crippen molar-refractivity contribution in [3.63, 3.8) is 0 Å². The van der Waals surface area contributed by atoms with Gasteiger partial charge in [-0.3, -0.25) is 4.79 Å². The van der Waals surface area contributed by atoms with Crippen LogP contribution in [0.4, 0.5) is 0 Å². The number of phenols is 1. The molecule has 3 aliphatic rings. The molecule has 2 saturated heterocycles. The fourth-order valence-electron chi connectivity index (χ4n) is 4.45. The van der Waals surface area contributed by atoms with Crippen molar-refractivity contribution in [2.24, 2.45) is 15.8 Å². The van der Waals surface area contributed by atoms with E-state index in [2.05, 4.69) is 16.7 Å². The van der Waals surface area contributed by atoms with Crippen LogP contribution in [0.3, 0.4) is 0 Å². The number of rotatable bonds is 3. The Kier molecular flexibility index (Phi) is 6.53. The minimum atomic E-state index is -0.147. The summed E-state index contributed by atoms with van der Waals surface area (Å²) in [5, 5.41) is 15.9. The third kappa shape index (κ3) is 4.52. The Morgan fingerprint density at radius 2 is 2.16 bits per heavy atom. The van der Waals surface area contributed by atoms with Crippen LogP contribution >= 0.6 is 11.6 Å². The lowest BCUT2D eigenvalue weighted by molar-refractivity contribution is 0.0661. The molecule has 3 aliphatic heterocycles. The Morgan fingerprint density at radius 3 is 2.84 bits per heavy atom. The van der Waals surface area contributed by atoms with E-state index in [1.54, 1.807) is 11.1 Å². The van der Waals surface area contributed by atoms with Gasteiger partial charge < -0.3 is 20.6 Å². The zero-order valence-corrected chi connectivity index (χ0v) is 19.0. The molecule has 1 amide bonds. The average Bonchev–Trinajstić information content (AvgIpc) is 3.22. The molecule has 2 fully saturated rings. The molecular weight excluding hydrogens is 428 g/mol. The van der Waals surface area contributed by atoms with Gasteiger partial charge in [0.1, 0.15) is 11.6 Å². The summed E-state index contributed by atoms with van der Waals surface area (Å²) < 4.78 is 0. The van der Waals surface area contributed by atoms with Crippen LogP contribution in [0.25, 0.3) is 0 Å². The van der Waals surface area contributed by atoms with Gasteiger partial charge in [0.25, 0.3) is 5.91 Å². The Labute approximate surface area is 193 Å². The number of piperidine rings is 1. The van der Waals surface area contributed by atoms with Crippen molar-refractivity contribution in [1.29, 1.82) is 0 Å². The molecule has 0 spiro atoms. The van der Waals surface area contributed by atoms with Gasteiger partial charge in [-0.25, -0.2) is 10.0 Å². The van der Waals surface area contributed by atoms with Crippen molar-refractivity contribution in [3.8, 4) is 5.75 Å². The van der Waals surface area contributed by atoms with Crippen molar-refractivity contribution in [2.45, 2.75) is 44.7 Å². The number of likely N-dealkylation sites (tertiary alicyclic amines) is 2. The lowest BCUT2D eigenvalue weighted by Crippen LogP contribution is -2.43. The number of carbonyl (C=O) groups is 1. The predicted octanol–water partition coefficient (Wildman–Crippen LogP) is 3.15. The van der Waals surface area contributed by atoms with E-state index in [-0.39, 0.29) is 28.8 Å². The quantitative estimate of drug-likeness (QED) is 0.681. The van der Waals surface area contributed by atoms with E-state index in [1.165, 1.54) is 12.1 Å². The lowest BCUT2D eigenvalue weighted by Gasteiger charge is -2.35. The van der Waals surface area contributed by atoms with Crippen LogP contribution in [0.2, 0.25) is 5.02 Å². The molecule has 170 valence electrons. The second-order valence-corrected chi connectivity index (χ2v) is 8.89. The number of amides is 1. The third-order valence-corrected chi connectivity index (χ3v) is 6.46. The highest BCUT2D eigenvalue weighted by molar-refractivity contribution is 6.32. The highest BCUT2D eigenvalue weighted by Crippen LogP contribution is 2.29. The number of amidine groups is 1. The molecule has 3 N–H and O–H groups in total. The standard InChI is InChI=1S/C23H29ClN6O2/c1-15-13-30(26-2)21(27-22(15)28-10-8-17(25)14-28)12-18-5-3-4-9-29(18)23(32)16-6-7-19(24)20(31)11-16/h6-7,11-13,17-18,31H,2-5,8-10,14,25H2,1H3/b21-12-/t17-,18?/m0/s1. The molecule has 0 saturated carbocycles. The van der Waals surface area contributed by atoms with E-state index in [0.29, 0.717) is 17.9 Å². The smallest absolute Gasteiger partial charge is 0.254 e. The van der Waals surface area contributed by atoms with Crippen LogP contribution in [-0.2, 0) is 0 Å². The number of nitrogens with zero attached hydrogens (tertiary/aromatic N) is 5. The van der Waals surface area contributed by atoms with Gasteiger partial charge in [-0.05, 0) is 56.9 Å². The van der Waals surface area contributed by atoms with Crippen molar-refractivity contribution < 1.29 is 9.90 Å². The highest BCUT2D eigenvalue weighted by Gasteiger charge is 2.30. The first-order valence-electron chi connectivity index (χ1n) is 10.9. The zero-order chi connectivity index (χ0) is 22.8. The van der Waals surface area contributed by atoms with Gasteiger partial charge >= 0.3 is 0 Å². The molecule has 32 heavy (non-hydrogen) atoms. The molecule has 0 aliphatic carbocycles. The fourth-order valence-corrected chi connectivity index (χ4v) is 4.57. The minimum Gasteiger partial charge on any atom is -0.506 e. The van der Waals surface area contributed by atoms with Crippen LogP contribution in [-0.4, -0.2) is 70.1 Å². The molecule has 1 aromatic rings. The Balaban J connectivity index is 1.64. The maximum atomic E-state index is 13.3. The van der Waals surface area contributed by atoms with Crippen LogP contribution < -0.4 is 5.73 Å². The monoisotopic (exact) mass is 456 g/mol. The van der Waals surface area contributed by atoms with E-state index >= 15 is 0 Å².